The summed E-state index contributed by atoms with van der Waals surface area (Å²) in [6.45, 7) is 4.18. The smallest absolute Gasteiger partial charge is 0.287 e. The third-order valence-corrected chi connectivity index (χ3v) is 4.24. The van der Waals surface area contributed by atoms with Crippen molar-refractivity contribution in [3.8, 4) is 0 Å². The molecular formula is C15H28N2O3. The first kappa shape index (κ1) is 15.6. The lowest BCUT2D eigenvalue weighted by Crippen LogP contribution is -2.53. The molecule has 0 aromatic carbocycles. The minimum absolute atomic E-state index is 0.123. The Morgan fingerprint density at radius 3 is 2.75 bits per heavy atom. The molecule has 2 aliphatic heterocycles. The van der Waals surface area contributed by atoms with Crippen molar-refractivity contribution in [1.29, 1.82) is 0 Å². The van der Waals surface area contributed by atoms with E-state index in [9.17, 15) is 10.2 Å². The van der Waals surface area contributed by atoms with Crippen LogP contribution in [0.1, 0.15) is 51.9 Å². The topological polar surface area (TPSA) is 65.3 Å². The van der Waals surface area contributed by atoms with Crippen molar-refractivity contribution in [2.24, 2.45) is 4.99 Å². The van der Waals surface area contributed by atoms with Crippen LogP contribution in [0.5, 0.6) is 0 Å². The van der Waals surface area contributed by atoms with Crippen molar-refractivity contribution in [2.75, 3.05) is 19.7 Å². The molecule has 2 saturated heterocycles. The molecule has 3 atom stereocenters. The van der Waals surface area contributed by atoms with Gasteiger partial charge in [-0.25, -0.2) is 4.99 Å². The van der Waals surface area contributed by atoms with Gasteiger partial charge in [0.25, 0.3) is 6.02 Å². The van der Waals surface area contributed by atoms with E-state index in [2.05, 4.69) is 11.9 Å². The molecule has 0 amide bonds. The summed E-state index contributed by atoms with van der Waals surface area (Å²) in [4.78, 5) is 6.52. The lowest BCUT2D eigenvalue weighted by Gasteiger charge is -2.35. The van der Waals surface area contributed by atoms with Crippen molar-refractivity contribution in [3.05, 3.63) is 0 Å². The van der Waals surface area contributed by atoms with Crippen LogP contribution >= 0.6 is 0 Å². The maximum Gasteiger partial charge on any atom is 0.287 e. The molecule has 3 unspecified atom stereocenters. The number of aliphatic imine (C=N–C) groups is 1. The molecule has 2 fully saturated rings. The molecule has 20 heavy (non-hydrogen) atoms. The molecule has 2 N–H and O–H groups in total. The summed E-state index contributed by atoms with van der Waals surface area (Å²) in [5.41, 5.74) is 0. The highest BCUT2D eigenvalue weighted by Crippen LogP contribution is 2.24. The van der Waals surface area contributed by atoms with E-state index in [1.165, 1.54) is 32.1 Å². The van der Waals surface area contributed by atoms with Crippen LogP contribution in [0, 0.1) is 0 Å². The van der Waals surface area contributed by atoms with E-state index < -0.39 is 12.2 Å². The van der Waals surface area contributed by atoms with Gasteiger partial charge >= 0.3 is 0 Å². The van der Waals surface area contributed by atoms with Crippen molar-refractivity contribution >= 4 is 6.02 Å². The van der Waals surface area contributed by atoms with Gasteiger partial charge in [-0.3, -0.25) is 0 Å². The maximum atomic E-state index is 9.93. The molecule has 0 aromatic heterocycles. The van der Waals surface area contributed by atoms with Gasteiger partial charge < -0.3 is 19.8 Å². The fourth-order valence-electron chi connectivity index (χ4n) is 2.92. The molecule has 0 aromatic rings. The molecule has 0 radical (unpaired) electrons. The minimum atomic E-state index is -0.717. The van der Waals surface area contributed by atoms with E-state index in [0.29, 0.717) is 19.0 Å². The van der Waals surface area contributed by atoms with Gasteiger partial charge in [-0.15, -0.1) is 0 Å². The largest absolute Gasteiger partial charge is 0.463 e. The molecule has 0 saturated carbocycles. The quantitative estimate of drug-likeness (QED) is 0.696. The van der Waals surface area contributed by atoms with Gasteiger partial charge in [0.05, 0.1) is 12.1 Å². The summed E-state index contributed by atoms with van der Waals surface area (Å²) >= 11 is 0. The number of hydrogen-bond acceptors (Lipinski definition) is 4. The first-order valence-corrected chi connectivity index (χ1v) is 8.04. The Labute approximate surface area is 121 Å². The second-order valence-electron chi connectivity index (χ2n) is 5.85. The number of aliphatic hydroxyl groups excluding tert-OH is 2. The number of hydrogen-bond donors (Lipinski definition) is 2. The van der Waals surface area contributed by atoms with E-state index in [4.69, 9.17) is 4.74 Å². The van der Waals surface area contributed by atoms with Gasteiger partial charge in [0.1, 0.15) is 12.7 Å². The van der Waals surface area contributed by atoms with Gasteiger partial charge in [0.2, 0.25) is 0 Å². The van der Waals surface area contributed by atoms with Crippen molar-refractivity contribution in [3.63, 3.8) is 0 Å². The minimum Gasteiger partial charge on any atom is -0.463 e. The molecule has 0 spiro atoms. The maximum absolute atomic E-state index is 9.93. The van der Waals surface area contributed by atoms with E-state index in [0.717, 1.165) is 19.5 Å². The highest BCUT2D eigenvalue weighted by atomic mass is 16.5. The lowest BCUT2D eigenvalue weighted by molar-refractivity contribution is -0.0506. The van der Waals surface area contributed by atoms with Crippen molar-refractivity contribution < 1.29 is 14.9 Å². The highest BCUT2D eigenvalue weighted by molar-refractivity contribution is 5.76. The number of piperidine rings is 1. The molecule has 5 heteroatoms. The van der Waals surface area contributed by atoms with Crippen LogP contribution in [0.2, 0.25) is 0 Å². The summed E-state index contributed by atoms with van der Waals surface area (Å²) in [6, 6.07) is 0.538. The van der Waals surface area contributed by atoms with Crippen LogP contribution in [0.15, 0.2) is 4.99 Å². The first-order chi connectivity index (χ1) is 9.74. The Morgan fingerprint density at radius 1 is 1.20 bits per heavy atom. The van der Waals surface area contributed by atoms with Gasteiger partial charge in [-0.1, -0.05) is 39.0 Å². The fraction of sp³-hybridized carbons (Fsp3) is 0.933. The molecule has 116 valence electrons. The SMILES string of the molecule is CCCCCCCCN=C1OCC2C(O)C(O)CCN12. The Balaban J connectivity index is 1.70. The average molecular weight is 284 g/mol. The van der Waals surface area contributed by atoms with Crippen LogP contribution in [-0.4, -0.2) is 59.1 Å². The molecular weight excluding hydrogens is 256 g/mol. The Hall–Kier alpha value is -0.810. The summed E-state index contributed by atoms with van der Waals surface area (Å²) in [5, 5.41) is 19.6. The van der Waals surface area contributed by atoms with Gasteiger partial charge in [0.15, 0.2) is 0 Å². The summed E-state index contributed by atoms with van der Waals surface area (Å²) in [5.74, 6) is 0. The third-order valence-electron chi connectivity index (χ3n) is 4.24. The Bertz CT molecular complexity index is 322. The number of aliphatic hydroxyl groups is 2. The monoisotopic (exact) mass is 284 g/mol. The zero-order valence-corrected chi connectivity index (χ0v) is 12.5. The molecule has 2 aliphatic rings. The number of ether oxygens (including phenoxy) is 1. The predicted molar refractivity (Wildman–Crippen MR) is 78.8 cm³/mol. The van der Waals surface area contributed by atoms with Crippen LogP contribution < -0.4 is 0 Å². The summed E-state index contributed by atoms with van der Waals surface area (Å²) in [6.07, 6.45) is 6.77. The Kier molecular flexibility index (Phi) is 6.10. The van der Waals surface area contributed by atoms with Gasteiger partial charge in [0, 0.05) is 13.1 Å². The zero-order chi connectivity index (χ0) is 14.4. The summed E-state index contributed by atoms with van der Waals surface area (Å²) in [7, 11) is 0. The van der Waals surface area contributed by atoms with Crippen LogP contribution in [0.25, 0.3) is 0 Å². The van der Waals surface area contributed by atoms with Gasteiger partial charge in [-0.05, 0) is 12.8 Å². The van der Waals surface area contributed by atoms with Crippen LogP contribution in [0.3, 0.4) is 0 Å². The molecule has 2 rings (SSSR count). The lowest BCUT2D eigenvalue weighted by atomic mass is 9.98. The van der Waals surface area contributed by atoms with Crippen LogP contribution in [-0.2, 0) is 4.74 Å². The zero-order valence-electron chi connectivity index (χ0n) is 12.5. The second-order valence-corrected chi connectivity index (χ2v) is 5.85. The Morgan fingerprint density at radius 2 is 1.95 bits per heavy atom. The van der Waals surface area contributed by atoms with E-state index >= 15 is 0 Å². The van der Waals surface area contributed by atoms with Crippen LogP contribution in [0.4, 0.5) is 0 Å². The van der Waals surface area contributed by atoms with Crippen molar-refractivity contribution in [2.45, 2.75) is 70.1 Å². The molecule has 0 bridgehead atoms. The van der Waals surface area contributed by atoms with E-state index in [-0.39, 0.29) is 6.04 Å². The van der Waals surface area contributed by atoms with Gasteiger partial charge in [-0.2, -0.15) is 0 Å². The first-order valence-electron chi connectivity index (χ1n) is 8.04. The number of fused-ring (bicyclic) bond motifs is 1. The highest BCUT2D eigenvalue weighted by Gasteiger charge is 2.42. The normalized spacial score (nSPS) is 31.4. The molecule has 2 heterocycles. The molecule has 0 aliphatic carbocycles. The van der Waals surface area contributed by atoms with E-state index in [1.54, 1.807) is 0 Å². The predicted octanol–water partition coefficient (Wildman–Crippen LogP) is 1.53. The molecule has 5 nitrogen and oxygen atoms in total. The van der Waals surface area contributed by atoms with Crippen molar-refractivity contribution in [1.82, 2.24) is 4.90 Å². The van der Waals surface area contributed by atoms with E-state index in [1.807, 2.05) is 4.90 Å². The number of unbranched alkanes of at least 4 members (excludes halogenated alkanes) is 5. The summed E-state index contributed by atoms with van der Waals surface area (Å²) < 4.78 is 5.57. The number of rotatable bonds is 7. The fourth-order valence-corrected chi connectivity index (χ4v) is 2.92. The second kappa shape index (κ2) is 7.84. The standard InChI is InChI=1S/C15H28N2O3/c1-2-3-4-5-6-7-9-16-15-17-10-8-13(18)14(19)12(17)11-20-15/h12-14,18-19H,2-11H2,1H3. The third kappa shape index (κ3) is 3.85. The average Bonchev–Trinajstić information content (AvgIpc) is 2.86. The number of amidine groups is 1. The number of nitrogens with zero attached hydrogens (tertiary/aromatic N) is 2.